The smallest absolute Gasteiger partial charge is 0.161 e. The van der Waals surface area contributed by atoms with E-state index in [0.717, 1.165) is 22.9 Å². The van der Waals surface area contributed by atoms with E-state index in [4.69, 9.17) is 9.47 Å². The molecule has 0 saturated heterocycles. The van der Waals surface area contributed by atoms with Crippen LogP contribution in [0.5, 0.6) is 11.5 Å². The van der Waals surface area contributed by atoms with E-state index in [1.807, 2.05) is 29.8 Å². The van der Waals surface area contributed by atoms with Crippen LogP contribution in [0.15, 0.2) is 24.5 Å². The Hall–Kier alpha value is -2.08. The van der Waals surface area contributed by atoms with E-state index in [2.05, 4.69) is 29.4 Å². The number of nitrogens with zero attached hydrogens (tertiary/aromatic N) is 3. The maximum atomic E-state index is 5.34. The molecule has 0 amide bonds. The van der Waals surface area contributed by atoms with Crippen molar-refractivity contribution in [2.45, 2.75) is 25.9 Å². The van der Waals surface area contributed by atoms with Crippen LogP contribution in [0.4, 0.5) is 0 Å². The molecule has 1 aromatic carbocycles. The summed E-state index contributed by atoms with van der Waals surface area (Å²) < 4.78 is 12.5. The summed E-state index contributed by atoms with van der Waals surface area (Å²) in [7, 11) is 5.21. The van der Waals surface area contributed by atoms with Gasteiger partial charge in [-0.15, -0.1) is 10.2 Å². The SMILES string of the molecule is COc1ccc(C(C)NC(C)c2nncn2C)cc1OC. The van der Waals surface area contributed by atoms with Crippen molar-refractivity contribution in [1.29, 1.82) is 0 Å². The molecule has 0 aliphatic rings. The predicted molar refractivity (Wildman–Crippen MR) is 80.5 cm³/mol. The standard InChI is InChI=1S/C15H22N4O2/c1-10(17-11(2)15-18-16-9-19(15)3)12-6-7-13(20-4)14(8-12)21-5/h6-11,17H,1-5H3. The average Bonchev–Trinajstić information content (AvgIpc) is 2.92. The van der Waals surface area contributed by atoms with Gasteiger partial charge in [0.2, 0.25) is 0 Å². The topological polar surface area (TPSA) is 61.2 Å². The maximum absolute atomic E-state index is 5.34. The molecule has 6 heteroatoms. The molecule has 0 saturated carbocycles. The second-order valence-corrected chi connectivity index (χ2v) is 5.02. The zero-order valence-corrected chi connectivity index (χ0v) is 13.1. The molecule has 0 radical (unpaired) electrons. The maximum Gasteiger partial charge on any atom is 0.161 e. The second kappa shape index (κ2) is 6.58. The molecule has 1 heterocycles. The minimum absolute atomic E-state index is 0.0978. The minimum Gasteiger partial charge on any atom is -0.493 e. The molecule has 0 spiro atoms. The number of aromatic nitrogens is 3. The number of aryl methyl sites for hydroxylation is 1. The van der Waals surface area contributed by atoms with Gasteiger partial charge >= 0.3 is 0 Å². The molecule has 114 valence electrons. The van der Waals surface area contributed by atoms with Gasteiger partial charge in [0, 0.05) is 13.1 Å². The molecule has 0 aliphatic heterocycles. The molecular formula is C15H22N4O2. The zero-order chi connectivity index (χ0) is 15.4. The summed E-state index contributed by atoms with van der Waals surface area (Å²) in [6, 6.07) is 6.18. The minimum atomic E-state index is 0.0978. The molecule has 0 fully saturated rings. The first-order valence-corrected chi connectivity index (χ1v) is 6.88. The van der Waals surface area contributed by atoms with Crippen molar-refractivity contribution in [1.82, 2.24) is 20.1 Å². The third-order valence-electron chi connectivity index (χ3n) is 3.54. The number of nitrogens with one attached hydrogen (secondary N) is 1. The lowest BCUT2D eigenvalue weighted by Crippen LogP contribution is -2.24. The molecular weight excluding hydrogens is 268 g/mol. The Bertz CT molecular complexity index is 597. The van der Waals surface area contributed by atoms with Crippen LogP contribution in [0.1, 0.15) is 37.3 Å². The molecule has 2 aromatic rings. The van der Waals surface area contributed by atoms with Crippen LogP contribution in [0.2, 0.25) is 0 Å². The molecule has 0 bridgehead atoms. The molecule has 21 heavy (non-hydrogen) atoms. The predicted octanol–water partition coefficient (Wildman–Crippen LogP) is 2.24. The Labute approximate surface area is 125 Å². The summed E-state index contributed by atoms with van der Waals surface area (Å²) in [5.41, 5.74) is 1.13. The monoisotopic (exact) mass is 290 g/mol. The Morgan fingerprint density at radius 2 is 1.81 bits per heavy atom. The largest absolute Gasteiger partial charge is 0.493 e. The fourth-order valence-corrected chi connectivity index (χ4v) is 2.35. The van der Waals surface area contributed by atoms with Gasteiger partial charge in [0.1, 0.15) is 12.2 Å². The van der Waals surface area contributed by atoms with E-state index in [1.165, 1.54) is 0 Å². The van der Waals surface area contributed by atoms with Gasteiger partial charge < -0.3 is 19.4 Å². The molecule has 1 N–H and O–H groups in total. The summed E-state index contributed by atoms with van der Waals surface area (Å²) in [4.78, 5) is 0. The first-order valence-electron chi connectivity index (χ1n) is 6.88. The number of ether oxygens (including phenoxy) is 2. The van der Waals surface area contributed by atoms with Crippen LogP contribution in [0.25, 0.3) is 0 Å². The number of hydrogen-bond donors (Lipinski definition) is 1. The lowest BCUT2D eigenvalue weighted by atomic mass is 10.1. The first kappa shape index (κ1) is 15.3. The van der Waals surface area contributed by atoms with E-state index in [0.29, 0.717) is 0 Å². The van der Waals surface area contributed by atoms with Crippen LogP contribution >= 0.6 is 0 Å². The van der Waals surface area contributed by atoms with E-state index < -0.39 is 0 Å². The van der Waals surface area contributed by atoms with E-state index in [1.54, 1.807) is 20.5 Å². The molecule has 2 atom stereocenters. The quantitative estimate of drug-likeness (QED) is 0.884. The lowest BCUT2D eigenvalue weighted by molar-refractivity contribution is 0.353. The number of benzene rings is 1. The molecule has 0 aliphatic carbocycles. The van der Waals surface area contributed by atoms with Gasteiger partial charge in [0.15, 0.2) is 11.5 Å². The van der Waals surface area contributed by atoms with Crippen LogP contribution in [-0.4, -0.2) is 29.0 Å². The normalized spacial score (nSPS) is 13.8. The molecule has 2 unspecified atom stereocenters. The van der Waals surface area contributed by atoms with Crippen molar-refractivity contribution in [3.63, 3.8) is 0 Å². The number of hydrogen-bond acceptors (Lipinski definition) is 5. The van der Waals surface area contributed by atoms with Gasteiger partial charge in [0.25, 0.3) is 0 Å². The summed E-state index contributed by atoms with van der Waals surface area (Å²) in [5.74, 6) is 2.37. The molecule has 6 nitrogen and oxygen atoms in total. The number of methoxy groups -OCH3 is 2. The van der Waals surface area contributed by atoms with Crippen molar-refractivity contribution in [2.24, 2.45) is 7.05 Å². The van der Waals surface area contributed by atoms with Crippen molar-refractivity contribution in [2.75, 3.05) is 14.2 Å². The lowest BCUT2D eigenvalue weighted by Gasteiger charge is -2.20. The van der Waals surface area contributed by atoms with E-state index in [-0.39, 0.29) is 12.1 Å². The van der Waals surface area contributed by atoms with E-state index in [9.17, 15) is 0 Å². The Kier molecular flexibility index (Phi) is 4.80. The van der Waals surface area contributed by atoms with E-state index >= 15 is 0 Å². The first-order chi connectivity index (χ1) is 10.1. The fraction of sp³-hybridized carbons (Fsp3) is 0.467. The van der Waals surface area contributed by atoms with Crippen molar-refractivity contribution in [3.8, 4) is 11.5 Å². The van der Waals surface area contributed by atoms with Gasteiger partial charge in [0.05, 0.1) is 20.3 Å². The highest BCUT2D eigenvalue weighted by atomic mass is 16.5. The summed E-state index contributed by atoms with van der Waals surface area (Å²) in [6.45, 7) is 4.18. The summed E-state index contributed by atoms with van der Waals surface area (Å²) in [5, 5.41) is 11.5. The fourth-order valence-electron chi connectivity index (χ4n) is 2.35. The molecule has 2 rings (SSSR count). The van der Waals surface area contributed by atoms with Crippen molar-refractivity contribution >= 4 is 0 Å². The highest BCUT2D eigenvalue weighted by Gasteiger charge is 2.16. The van der Waals surface area contributed by atoms with Crippen molar-refractivity contribution in [3.05, 3.63) is 35.9 Å². The third-order valence-corrected chi connectivity index (χ3v) is 3.54. The zero-order valence-electron chi connectivity index (χ0n) is 13.1. The average molecular weight is 290 g/mol. The second-order valence-electron chi connectivity index (χ2n) is 5.02. The highest BCUT2D eigenvalue weighted by molar-refractivity contribution is 5.43. The van der Waals surface area contributed by atoms with Gasteiger partial charge in [-0.3, -0.25) is 0 Å². The van der Waals surface area contributed by atoms with Crippen LogP contribution in [0.3, 0.4) is 0 Å². The summed E-state index contributed by atoms with van der Waals surface area (Å²) >= 11 is 0. The van der Waals surface area contributed by atoms with Gasteiger partial charge in [-0.05, 0) is 31.5 Å². The van der Waals surface area contributed by atoms with Crippen LogP contribution < -0.4 is 14.8 Å². The van der Waals surface area contributed by atoms with Gasteiger partial charge in [-0.2, -0.15) is 0 Å². The summed E-state index contributed by atoms with van der Waals surface area (Å²) in [6.07, 6.45) is 1.70. The Morgan fingerprint density at radius 3 is 2.38 bits per heavy atom. The third kappa shape index (κ3) is 3.33. The van der Waals surface area contributed by atoms with Crippen molar-refractivity contribution < 1.29 is 9.47 Å². The van der Waals surface area contributed by atoms with Crippen LogP contribution in [-0.2, 0) is 7.05 Å². The van der Waals surface area contributed by atoms with Crippen LogP contribution in [0, 0.1) is 0 Å². The number of rotatable bonds is 6. The van der Waals surface area contributed by atoms with Gasteiger partial charge in [-0.1, -0.05) is 6.07 Å². The molecule has 1 aromatic heterocycles. The Morgan fingerprint density at radius 1 is 1.10 bits per heavy atom. The Balaban J connectivity index is 2.13. The highest BCUT2D eigenvalue weighted by Crippen LogP contribution is 2.30. The van der Waals surface area contributed by atoms with Gasteiger partial charge in [-0.25, -0.2) is 0 Å².